The van der Waals surface area contributed by atoms with E-state index in [4.69, 9.17) is 0 Å². The van der Waals surface area contributed by atoms with Crippen LogP contribution in [0.3, 0.4) is 0 Å². The average Bonchev–Trinajstić information content (AvgIpc) is 3.03. The van der Waals surface area contributed by atoms with E-state index in [0.29, 0.717) is 19.0 Å². The van der Waals surface area contributed by atoms with E-state index in [1.807, 2.05) is 13.1 Å². The Morgan fingerprint density at radius 2 is 1.88 bits per heavy atom. The normalized spacial score (nSPS) is 12.2. The van der Waals surface area contributed by atoms with Crippen molar-refractivity contribution >= 4 is 27.3 Å². The number of hydrogen-bond acceptors (Lipinski definition) is 5. The van der Waals surface area contributed by atoms with Gasteiger partial charge in [0.1, 0.15) is 0 Å². The van der Waals surface area contributed by atoms with Crippen LogP contribution in [-0.4, -0.2) is 46.0 Å². The van der Waals surface area contributed by atoms with Gasteiger partial charge in [0, 0.05) is 44.2 Å². The van der Waals surface area contributed by atoms with Crippen molar-refractivity contribution in [3.8, 4) is 0 Å². The molecule has 9 heteroatoms. The van der Waals surface area contributed by atoms with Crippen LogP contribution in [0.15, 0.2) is 46.4 Å². The highest BCUT2D eigenvalue weighted by Gasteiger charge is 2.12. The fourth-order valence-corrected chi connectivity index (χ4v) is 3.91. The first kappa shape index (κ1) is 19.4. The van der Waals surface area contributed by atoms with E-state index in [1.165, 1.54) is 4.88 Å². The number of rotatable bonds is 8. The Kier molecular flexibility index (Phi) is 7.35. The molecule has 1 aromatic carbocycles. The van der Waals surface area contributed by atoms with Gasteiger partial charge in [-0.05, 0) is 19.1 Å². The molecule has 0 amide bonds. The zero-order valence-electron chi connectivity index (χ0n) is 14.3. The first-order valence-corrected chi connectivity index (χ1v) is 10.2. The van der Waals surface area contributed by atoms with E-state index in [9.17, 15) is 8.42 Å². The summed E-state index contributed by atoms with van der Waals surface area (Å²) in [4.78, 5) is 9.89. The maximum Gasteiger partial charge on any atom is 0.240 e. The number of aliphatic imine (C=N–C) groups is 1. The van der Waals surface area contributed by atoms with Crippen LogP contribution in [-0.2, 0) is 16.4 Å². The predicted molar refractivity (Wildman–Crippen MR) is 102 cm³/mol. The van der Waals surface area contributed by atoms with Gasteiger partial charge in [-0.3, -0.25) is 4.99 Å². The molecule has 2 rings (SSSR count). The van der Waals surface area contributed by atoms with Crippen molar-refractivity contribution in [1.82, 2.24) is 20.3 Å². The van der Waals surface area contributed by atoms with Crippen molar-refractivity contribution in [3.05, 3.63) is 46.4 Å². The van der Waals surface area contributed by atoms with Gasteiger partial charge in [0.15, 0.2) is 5.96 Å². The number of aromatic nitrogens is 1. The molecular formula is C16H23N5O2S2. The number of nitrogens with zero attached hydrogens (tertiary/aromatic N) is 2. The summed E-state index contributed by atoms with van der Waals surface area (Å²) in [7, 11) is -1.80. The number of sulfonamides is 1. The van der Waals surface area contributed by atoms with Crippen molar-refractivity contribution in [1.29, 1.82) is 0 Å². The smallest absolute Gasteiger partial charge is 0.240 e. The fourth-order valence-electron chi connectivity index (χ4n) is 2.07. The van der Waals surface area contributed by atoms with Gasteiger partial charge in [0.05, 0.1) is 9.90 Å². The lowest BCUT2D eigenvalue weighted by molar-refractivity contribution is 0.580. The largest absolute Gasteiger partial charge is 0.356 e. The van der Waals surface area contributed by atoms with Crippen LogP contribution in [0, 0.1) is 6.92 Å². The number of aryl methyl sites for hydroxylation is 1. The summed E-state index contributed by atoms with van der Waals surface area (Å²) in [5.41, 5.74) is 0. The van der Waals surface area contributed by atoms with Gasteiger partial charge in [-0.2, -0.15) is 0 Å². The van der Waals surface area contributed by atoms with Crippen LogP contribution < -0.4 is 15.4 Å². The lowest BCUT2D eigenvalue weighted by atomic mass is 10.4. The summed E-state index contributed by atoms with van der Waals surface area (Å²) >= 11 is 1.68. The zero-order chi connectivity index (χ0) is 18.1. The second-order valence-electron chi connectivity index (χ2n) is 5.25. The Labute approximate surface area is 152 Å². The fraction of sp³-hybridized carbons (Fsp3) is 0.375. The highest BCUT2D eigenvalue weighted by atomic mass is 32.2. The molecule has 0 unspecified atom stereocenters. The Balaban J connectivity index is 1.69. The number of thiazole rings is 1. The first-order valence-electron chi connectivity index (χ1n) is 7.92. The summed E-state index contributed by atoms with van der Waals surface area (Å²) < 4.78 is 26.7. The summed E-state index contributed by atoms with van der Waals surface area (Å²) in [6.07, 6.45) is 2.69. The number of guanidine groups is 1. The van der Waals surface area contributed by atoms with Gasteiger partial charge in [-0.15, -0.1) is 11.3 Å². The van der Waals surface area contributed by atoms with Crippen LogP contribution in [0.4, 0.5) is 0 Å². The van der Waals surface area contributed by atoms with E-state index in [1.54, 1.807) is 48.7 Å². The SMILES string of the molecule is CN=C(NCCNS(=O)(=O)c1ccccc1)NCCc1ncc(C)s1. The van der Waals surface area contributed by atoms with E-state index in [2.05, 4.69) is 25.3 Å². The topological polar surface area (TPSA) is 95.5 Å². The maximum absolute atomic E-state index is 12.1. The third-order valence-corrected chi connectivity index (χ3v) is 5.74. The lowest BCUT2D eigenvalue weighted by Gasteiger charge is -2.12. The molecule has 0 bridgehead atoms. The molecule has 1 aromatic heterocycles. The van der Waals surface area contributed by atoms with Crippen molar-refractivity contribution < 1.29 is 8.42 Å². The summed E-state index contributed by atoms with van der Waals surface area (Å²) in [5.74, 6) is 0.632. The Bertz CT molecular complexity index is 788. The monoisotopic (exact) mass is 381 g/mol. The minimum Gasteiger partial charge on any atom is -0.356 e. The zero-order valence-corrected chi connectivity index (χ0v) is 16.0. The number of nitrogens with one attached hydrogen (secondary N) is 3. The van der Waals surface area contributed by atoms with E-state index in [-0.39, 0.29) is 11.4 Å². The molecule has 7 nitrogen and oxygen atoms in total. The third-order valence-electron chi connectivity index (χ3n) is 3.29. The molecule has 25 heavy (non-hydrogen) atoms. The molecule has 0 radical (unpaired) electrons. The minimum absolute atomic E-state index is 0.260. The number of benzene rings is 1. The van der Waals surface area contributed by atoms with Gasteiger partial charge < -0.3 is 10.6 Å². The molecule has 0 spiro atoms. The molecule has 0 atom stereocenters. The van der Waals surface area contributed by atoms with Crippen molar-refractivity contribution in [2.24, 2.45) is 4.99 Å². The van der Waals surface area contributed by atoms with E-state index < -0.39 is 10.0 Å². The highest BCUT2D eigenvalue weighted by Crippen LogP contribution is 2.10. The Morgan fingerprint density at radius 1 is 1.16 bits per heavy atom. The molecule has 1 heterocycles. The molecule has 0 aliphatic carbocycles. The molecule has 0 saturated heterocycles. The maximum atomic E-state index is 12.1. The van der Waals surface area contributed by atoms with Gasteiger partial charge >= 0.3 is 0 Å². The van der Waals surface area contributed by atoms with Gasteiger partial charge in [-0.25, -0.2) is 18.1 Å². The third kappa shape index (κ3) is 6.45. The van der Waals surface area contributed by atoms with Crippen molar-refractivity contribution in [2.45, 2.75) is 18.2 Å². The molecule has 0 fully saturated rings. The molecular weight excluding hydrogens is 358 g/mol. The van der Waals surface area contributed by atoms with Crippen LogP contribution in [0.1, 0.15) is 9.88 Å². The summed E-state index contributed by atoms with van der Waals surface area (Å²) in [6, 6.07) is 8.31. The van der Waals surface area contributed by atoms with E-state index in [0.717, 1.165) is 11.4 Å². The first-order chi connectivity index (χ1) is 12.0. The molecule has 136 valence electrons. The van der Waals surface area contributed by atoms with Crippen LogP contribution in [0.25, 0.3) is 0 Å². The van der Waals surface area contributed by atoms with Crippen LogP contribution in [0.2, 0.25) is 0 Å². The minimum atomic E-state index is -3.47. The van der Waals surface area contributed by atoms with Crippen molar-refractivity contribution in [3.63, 3.8) is 0 Å². The summed E-state index contributed by atoms with van der Waals surface area (Å²) in [6.45, 7) is 3.44. The Hall–Kier alpha value is -1.97. The molecule has 0 aliphatic heterocycles. The Morgan fingerprint density at radius 3 is 2.52 bits per heavy atom. The highest BCUT2D eigenvalue weighted by molar-refractivity contribution is 7.89. The van der Waals surface area contributed by atoms with Gasteiger partial charge in [-0.1, -0.05) is 18.2 Å². The standard InChI is InChI=1S/C16H23N5O2S2/c1-13-12-20-15(24-13)8-9-18-16(17-2)19-10-11-21-25(22,23)14-6-4-3-5-7-14/h3-7,12,21H,8-11H2,1-2H3,(H2,17,18,19). The van der Waals surface area contributed by atoms with Crippen LogP contribution >= 0.6 is 11.3 Å². The van der Waals surface area contributed by atoms with E-state index >= 15 is 0 Å². The molecule has 0 aliphatic rings. The lowest BCUT2D eigenvalue weighted by Crippen LogP contribution is -2.42. The average molecular weight is 382 g/mol. The summed E-state index contributed by atoms with van der Waals surface area (Å²) in [5, 5.41) is 7.34. The van der Waals surface area contributed by atoms with Crippen molar-refractivity contribution in [2.75, 3.05) is 26.7 Å². The van der Waals surface area contributed by atoms with Crippen LogP contribution in [0.5, 0.6) is 0 Å². The predicted octanol–water partition coefficient (Wildman–Crippen LogP) is 1.14. The molecule has 0 saturated carbocycles. The quantitative estimate of drug-likeness (QED) is 0.362. The second kappa shape index (κ2) is 9.50. The second-order valence-corrected chi connectivity index (χ2v) is 8.34. The van der Waals surface area contributed by atoms with Gasteiger partial charge in [0.25, 0.3) is 0 Å². The van der Waals surface area contributed by atoms with Gasteiger partial charge in [0.2, 0.25) is 10.0 Å². The molecule has 3 N–H and O–H groups in total. The molecule has 2 aromatic rings. The number of hydrogen-bond donors (Lipinski definition) is 3.